The van der Waals surface area contributed by atoms with Gasteiger partial charge >= 0.3 is 17.1 Å². The van der Waals surface area contributed by atoms with Crippen molar-refractivity contribution >= 4 is 5.78 Å². The number of allylic oxidation sites excluding steroid dienone is 8. The van der Waals surface area contributed by atoms with E-state index in [4.69, 9.17) is 0 Å². The largest absolute Gasteiger partial charge is 2.00 e. The molecule has 0 fully saturated rings. The van der Waals surface area contributed by atoms with E-state index in [1.54, 1.807) is 6.92 Å². The van der Waals surface area contributed by atoms with E-state index < -0.39 is 0 Å². The molecule has 0 aliphatic heterocycles. The van der Waals surface area contributed by atoms with Crippen molar-refractivity contribution in [1.82, 2.24) is 0 Å². The summed E-state index contributed by atoms with van der Waals surface area (Å²) < 4.78 is 0. The van der Waals surface area contributed by atoms with Gasteiger partial charge in [-0.15, -0.1) is 12.5 Å². The third-order valence-corrected chi connectivity index (χ3v) is 1.66. The van der Waals surface area contributed by atoms with Crippen LogP contribution < -0.4 is 0 Å². The Balaban J connectivity index is 0.000000246. The second kappa shape index (κ2) is 7.54. The minimum absolute atomic E-state index is 0. The van der Waals surface area contributed by atoms with Crippen molar-refractivity contribution in [3.8, 4) is 0 Å². The molecule has 0 saturated carbocycles. The van der Waals surface area contributed by atoms with Gasteiger partial charge in [-0.2, -0.15) is 23.8 Å². The summed E-state index contributed by atoms with van der Waals surface area (Å²) in [6.07, 6.45) is 17.4. The summed E-state index contributed by atoms with van der Waals surface area (Å²) in [6.45, 7) is 1.55. The fraction of sp³-hybridized carbons (Fsp3) is 0.250. The maximum atomic E-state index is 10.5. The van der Waals surface area contributed by atoms with Crippen molar-refractivity contribution in [2.45, 2.75) is 19.8 Å². The molecular formula is C12H12FeO. The predicted molar refractivity (Wildman–Crippen MR) is 52.8 cm³/mol. The SMILES string of the molecule is CC(=O)C1=[C-]CC=C1.[C-]1=CC=CC1.[Fe+2]. The molecule has 0 unspecified atom stereocenters. The predicted octanol–water partition coefficient (Wildman–Crippen LogP) is 2.57. The summed E-state index contributed by atoms with van der Waals surface area (Å²) in [5.74, 6) is 0.110. The van der Waals surface area contributed by atoms with Gasteiger partial charge in [0, 0.05) is 5.78 Å². The Labute approximate surface area is 95.7 Å². The smallest absolute Gasteiger partial charge is 0.371 e. The molecular weight excluding hydrogens is 216 g/mol. The van der Waals surface area contributed by atoms with E-state index >= 15 is 0 Å². The van der Waals surface area contributed by atoms with Crippen LogP contribution in [0.25, 0.3) is 0 Å². The molecule has 14 heavy (non-hydrogen) atoms. The third kappa shape index (κ3) is 5.00. The van der Waals surface area contributed by atoms with Crippen LogP contribution in [0.15, 0.2) is 36.0 Å². The average Bonchev–Trinajstić information content (AvgIpc) is 2.82. The van der Waals surface area contributed by atoms with Gasteiger partial charge in [-0.3, -0.25) is 6.08 Å². The molecule has 0 aromatic carbocycles. The van der Waals surface area contributed by atoms with E-state index in [9.17, 15) is 4.79 Å². The summed E-state index contributed by atoms with van der Waals surface area (Å²) in [5, 5.41) is 0. The van der Waals surface area contributed by atoms with Crippen LogP contribution in [-0.2, 0) is 21.9 Å². The van der Waals surface area contributed by atoms with Gasteiger partial charge in [-0.05, 0) is 6.92 Å². The first kappa shape index (κ1) is 13.1. The molecule has 74 valence electrons. The molecule has 0 saturated heterocycles. The van der Waals surface area contributed by atoms with Crippen molar-refractivity contribution in [2.24, 2.45) is 0 Å². The summed E-state index contributed by atoms with van der Waals surface area (Å²) in [6, 6.07) is 0. The summed E-state index contributed by atoms with van der Waals surface area (Å²) >= 11 is 0. The zero-order valence-corrected chi connectivity index (χ0v) is 9.17. The average molecular weight is 228 g/mol. The zero-order valence-electron chi connectivity index (χ0n) is 8.06. The van der Waals surface area contributed by atoms with E-state index in [-0.39, 0.29) is 22.9 Å². The maximum absolute atomic E-state index is 10.5. The molecule has 0 spiro atoms. The first-order valence-corrected chi connectivity index (χ1v) is 4.31. The first-order valence-electron chi connectivity index (χ1n) is 4.31. The molecule has 0 N–H and O–H groups in total. The molecule has 2 heteroatoms. The molecule has 0 amide bonds. The Morgan fingerprint density at radius 2 is 2.14 bits per heavy atom. The van der Waals surface area contributed by atoms with Crippen LogP contribution in [0.5, 0.6) is 0 Å². The summed E-state index contributed by atoms with van der Waals surface area (Å²) in [7, 11) is 0. The van der Waals surface area contributed by atoms with Gasteiger partial charge < -0.3 is 4.79 Å². The third-order valence-electron chi connectivity index (χ3n) is 1.66. The number of rotatable bonds is 1. The summed E-state index contributed by atoms with van der Waals surface area (Å²) in [5.41, 5.74) is 0.727. The Bertz CT molecular complexity index is 285. The molecule has 0 atom stereocenters. The zero-order chi connectivity index (χ0) is 9.52. The number of carbonyl (C=O) groups excluding carboxylic acids is 1. The van der Waals surface area contributed by atoms with E-state index in [2.05, 4.69) is 18.2 Å². The van der Waals surface area contributed by atoms with Gasteiger partial charge in [0.1, 0.15) is 0 Å². The van der Waals surface area contributed by atoms with Gasteiger partial charge in [0.15, 0.2) is 0 Å². The second-order valence-electron chi connectivity index (χ2n) is 2.76. The molecule has 0 heterocycles. The summed E-state index contributed by atoms with van der Waals surface area (Å²) in [4.78, 5) is 10.5. The van der Waals surface area contributed by atoms with E-state index in [1.807, 2.05) is 24.3 Å². The Morgan fingerprint density at radius 1 is 1.36 bits per heavy atom. The van der Waals surface area contributed by atoms with Gasteiger partial charge in [0.05, 0.1) is 0 Å². The van der Waals surface area contributed by atoms with Crippen molar-refractivity contribution in [3.05, 3.63) is 48.1 Å². The molecule has 2 aliphatic carbocycles. The second-order valence-corrected chi connectivity index (χ2v) is 2.76. The molecule has 0 aromatic heterocycles. The monoisotopic (exact) mass is 228 g/mol. The number of carbonyl (C=O) groups is 1. The quantitative estimate of drug-likeness (QED) is 0.498. The Morgan fingerprint density at radius 3 is 2.36 bits per heavy atom. The number of Topliss-reactive ketones (excluding diaryl/α,β-unsaturated/α-hetero) is 1. The van der Waals surface area contributed by atoms with Crippen LogP contribution in [0.4, 0.5) is 0 Å². The van der Waals surface area contributed by atoms with Crippen molar-refractivity contribution in [1.29, 1.82) is 0 Å². The van der Waals surface area contributed by atoms with Crippen LogP contribution in [0, 0.1) is 12.2 Å². The molecule has 2 aliphatic rings. The minimum atomic E-state index is 0. The van der Waals surface area contributed by atoms with Crippen LogP contribution >= 0.6 is 0 Å². The van der Waals surface area contributed by atoms with E-state index in [0.29, 0.717) is 0 Å². The topological polar surface area (TPSA) is 17.1 Å². The number of ketones is 1. The molecule has 2 rings (SSSR count). The van der Waals surface area contributed by atoms with Crippen LogP contribution in [0.1, 0.15) is 19.8 Å². The van der Waals surface area contributed by atoms with Crippen molar-refractivity contribution < 1.29 is 21.9 Å². The standard InChI is InChI=1S/C7H7O.C5H5.Fe/c1-6(8)7-4-2-3-5-7;1-2-4-5-3-1;/h2,4H,3H2,1H3;1-3H,4H2;/q2*-1;+2. The molecule has 1 nitrogen and oxygen atoms in total. The Hall–Kier alpha value is -0.851. The fourth-order valence-corrected chi connectivity index (χ4v) is 0.987. The minimum Gasteiger partial charge on any atom is -0.371 e. The molecule has 0 radical (unpaired) electrons. The van der Waals surface area contributed by atoms with E-state index in [1.165, 1.54) is 0 Å². The van der Waals surface area contributed by atoms with E-state index in [0.717, 1.165) is 18.4 Å². The fourth-order valence-electron chi connectivity index (χ4n) is 0.987. The van der Waals surface area contributed by atoms with Gasteiger partial charge in [-0.25, -0.2) is 12.2 Å². The normalized spacial score (nSPS) is 15.6. The van der Waals surface area contributed by atoms with Crippen molar-refractivity contribution in [2.75, 3.05) is 0 Å². The van der Waals surface area contributed by atoms with Gasteiger partial charge in [0.2, 0.25) is 0 Å². The number of hydrogen-bond acceptors (Lipinski definition) is 1. The van der Waals surface area contributed by atoms with Gasteiger partial charge in [0.25, 0.3) is 0 Å². The van der Waals surface area contributed by atoms with Crippen molar-refractivity contribution in [3.63, 3.8) is 0 Å². The maximum Gasteiger partial charge on any atom is 2.00 e. The number of hydrogen-bond donors (Lipinski definition) is 0. The van der Waals surface area contributed by atoms with Crippen LogP contribution in [0.3, 0.4) is 0 Å². The first-order chi connectivity index (χ1) is 6.30. The Kier molecular flexibility index (Phi) is 7.09. The molecule has 0 aromatic rings. The van der Waals surface area contributed by atoms with Crippen LogP contribution in [0.2, 0.25) is 0 Å². The van der Waals surface area contributed by atoms with Crippen LogP contribution in [-0.4, -0.2) is 5.78 Å². The molecule has 0 bridgehead atoms. The van der Waals surface area contributed by atoms with Gasteiger partial charge in [-0.1, -0.05) is 6.42 Å².